The maximum atomic E-state index is 7.50. The van der Waals surface area contributed by atoms with Gasteiger partial charge < -0.3 is 40.7 Å². The van der Waals surface area contributed by atoms with Gasteiger partial charge in [0, 0.05) is 16.5 Å². The van der Waals surface area contributed by atoms with Crippen LogP contribution in [0.4, 0.5) is 0 Å². The van der Waals surface area contributed by atoms with Gasteiger partial charge in [0.2, 0.25) is 0 Å². The molecule has 0 bridgehead atoms. The second-order valence-corrected chi connectivity index (χ2v) is 28.2. The predicted octanol–water partition coefficient (Wildman–Crippen LogP) is 23.8. The quantitative estimate of drug-likeness (QED) is 0.0334. The van der Waals surface area contributed by atoms with Crippen molar-refractivity contribution in [2.75, 3.05) is 19.8 Å². The first kappa shape index (κ1) is 78.2. The molecule has 0 aromatic heterocycles. The summed E-state index contributed by atoms with van der Waals surface area (Å²) >= 11 is 0. The van der Waals surface area contributed by atoms with E-state index < -0.39 is 25.8 Å². The maximum absolute atomic E-state index is 7.50. The van der Waals surface area contributed by atoms with Crippen molar-refractivity contribution in [2.45, 2.75) is 404 Å². The number of hydrogen-bond acceptors (Lipinski definition) is 10. The van der Waals surface area contributed by atoms with Gasteiger partial charge >= 0.3 is 25.8 Å². The van der Waals surface area contributed by atoms with Gasteiger partial charge in [-0.1, -0.05) is 271 Å². The molecule has 0 atom stereocenters. The summed E-state index contributed by atoms with van der Waals surface area (Å²) in [6.45, 7) is 13.8. The SMILES string of the molecule is CCCCCCCCCCOP(OC1CCCCC1)OC1CCCCC1.CCCCCCCCCCOP(OC1CCCCC1)OC1CCCCC1.CCCCCCCCCCOP(OC1CCCCC1)OC1CCCCC1.[C]=O.[Ni]. The van der Waals surface area contributed by atoms with E-state index in [1.807, 2.05) is 0 Å². The van der Waals surface area contributed by atoms with Gasteiger partial charge in [-0.05, 0) is 96.3 Å². The van der Waals surface area contributed by atoms with Gasteiger partial charge in [-0.15, -0.1) is 0 Å². The van der Waals surface area contributed by atoms with Crippen molar-refractivity contribution in [3.05, 3.63) is 0 Å². The molecule has 0 saturated heterocycles. The van der Waals surface area contributed by atoms with Crippen molar-refractivity contribution < 1.29 is 62.0 Å². The Labute approximate surface area is 515 Å². The summed E-state index contributed by atoms with van der Waals surface area (Å²) in [6.07, 6.45) is 72.3. The van der Waals surface area contributed by atoms with E-state index in [2.05, 4.69) is 27.6 Å². The normalized spacial score (nSPS) is 19.4. The van der Waals surface area contributed by atoms with Crippen LogP contribution >= 0.6 is 25.8 Å². The van der Waals surface area contributed by atoms with E-state index in [1.54, 1.807) is 0 Å². The van der Waals surface area contributed by atoms with Crippen LogP contribution in [-0.4, -0.2) is 63.2 Å². The Kier molecular flexibility index (Phi) is 56.7. The molecule has 0 aromatic carbocycles. The fourth-order valence-electron chi connectivity index (χ4n) is 12.1. The molecule has 0 unspecified atom stereocenters. The van der Waals surface area contributed by atoms with E-state index in [0.29, 0.717) is 36.6 Å². The monoisotopic (exact) mass is 1240 g/mol. The van der Waals surface area contributed by atoms with Crippen LogP contribution in [-0.2, 0) is 62.0 Å². The van der Waals surface area contributed by atoms with Gasteiger partial charge in [0.05, 0.1) is 56.4 Å². The summed E-state index contributed by atoms with van der Waals surface area (Å²) in [6, 6.07) is 0. The van der Waals surface area contributed by atoms with E-state index in [1.165, 1.54) is 327 Å². The van der Waals surface area contributed by atoms with E-state index in [0.717, 1.165) is 39.1 Å². The van der Waals surface area contributed by atoms with E-state index >= 15 is 0 Å². The number of hydrogen-bond donors (Lipinski definition) is 0. The third-order valence-corrected chi connectivity index (χ3v) is 21.3. The van der Waals surface area contributed by atoms with Crippen molar-refractivity contribution in [1.29, 1.82) is 0 Å². The zero-order valence-corrected chi connectivity index (χ0v) is 56.7. The number of carbonyl (C=O) groups excluding carboxylic acids is 1. The molecule has 0 spiro atoms. The Morgan fingerprint density at radius 2 is 0.395 bits per heavy atom. The smallest absolute Gasteiger partial charge is 0.312 e. The Bertz CT molecular complexity index is 1060. The Hall–Kier alpha value is 1.09. The fraction of sp³-hybridized carbons (Fsp3) is 0.985. The van der Waals surface area contributed by atoms with Gasteiger partial charge in [0.1, 0.15) is 0 Å². The molecule has 0 aliphatic heterocycles. The van der Waals surface area contributed by atoms with Gasteiger partial charge in [-0.2, -0.15) is 0 Å². The molecule has 14 heteroatoms. The summed E-state index contributed by atoms with van der Waals surface area (Å²) in [4.78, 5) is 7.50. The molecule has 2 radical (unpaired) electrons. The van der Waals surface area contributed by atoms with Crippen LogP contribution in [0.5, 0.6) is 0 Å². The molecule has 482 valence electrons. The van der Waals surface area contributed by atoms with Crippen molar-refractivity contribution in [1.82, 2.24) is 0 Å². The van der Waals surface area contributed by atoms with Gasteiger partial charge in [0.25, 0.3) is 6.79 Å². The number of rotatable bonds is 42. The van der Waals surface area contributed by atoms with Crippen LogP contribution in [0.25, 0.3) is 0 Å². The molecule has 0 aromatic rings. The molecule has 6 saturated carbocycles. The zero-order valence-electron chi connectivity index (χ0n) is 53.0. The maximum Gasteiger partial charge on any atom is 0.333 e. The molecule has 6 rings (SSSR count). The Morgan fingerprint density at radius 3 is 0.556 bits per heavy atom. The molecule has 81 heavy (non-hydrogen) atoms. The summed E-state index contributed by atoms with van der Waals surface area (Å²) in [7, 11) is -3.42. The van der Waals surface area contributed by atoms with E-state index in [-0.39, 0.29) is 16.5 Å². The standard InChI is InChI=1S/3C22H43O3P.CO.Ni/c3*1-2-3-4-5-6-7-8-15-20-23-26(24-21-16-11-9-12-17-21)25-22-18-13-10-14-19-22;1-2;/h3*21-22H,2-20H2,1H3;;. The van der Waals surface area contributed by atoms with E-state index in [4.69, 9.17) is 45.5 Å². The minimum atomic E-state index is -1.14. The van der Waals surface area contributed by atoms with Crippen LogP contribution < -0.4 is 0 Å². The van der Waals surface area contributed by atoms with Crippen LogP contribution in [0.15, 0.2) is 0 Å². The molecular formula is C67H129NiO10P3. The molecule has 0 N–H and O–H groups in total. The van der Waals surface area contributed by atoms with Gasteiger partial charge in [-0.3, -0.25) is 4.79 Å². The topological polar surface area (TPSA) is 100 Å². The molecule has 6 fully saturated rings. The fourth-order valence-corrected chi connectivity index (χ4v) is 16.2. The first-order valence-electron chi connectivity index (χ1n) is 35.1. The first-order valence-corrected chi connectivity index (χ1v) is 38.4. The van der Waals surface area contributed by atoms with Gasteiger partial charge in [0.15, 0.2) is 0 Å². The Morgan fingerprint density at radius 1 is 0.247 bits per heavy atom. The van der Waals surface area contributed by atoms with Crippen LogP contribution in [0.2, 0.25) is 0 Å². The first-order chi connectivity index (χ1) is 39.6. The molecule has 6 aliphatic rings. The molecule has 10 nitrogen and oxygen atoms in total. The van der Waals surface area contributed by atoms with Crippen molar-refractivity contribution in [3.63, 3.8) is 0 Å². The third kappa shape index (κ3) is 45.1. The zero-order chi connectivity index (χ0) is 56.9. The second kappa shape index (κ2) is 58.8. The summed E-state index contributed by atoms with van der Waals surface area (Å²) in [5.74, 6) is 0. The largest absolute Gasteiger partial charge is 0.333 e. The average Bonchev–Trinajstić information content (AvgIpc) is 3.50. The van der Waals surface area contributed by atoms with Crippen LogP contribution in [0.3, 0.4) is 0 Å². The summed E-state index contributed by atoms with van der Waals surface area (Å²) in [5.41, 5.74) is 0. The van der Waals surface area contributed by atoms with Crippen molar-refractivity contribution in [3.8, 4) is 0 Å². The minimum Gasteiger partial charge on any atom is -0.312 e. The van der Waals surface area contributed by atoms with Gasteiger partial charge in [-0.25, -0.2) is 0 Å². The van der Waals surface area contributed by atoms with E-state index in [9.17, 15) is 0 Å². The molecule has 6 aliphatic carbocycles. The molecule has 0 heterocycles. The van der Waals surface area contributed by atoms with Crippen LogP contribution in [0, 0.1) is 0 Å². The Balaban J connectivity index is 0.000000406. The average molecular weight is 1250 g/mol. The van der Waals surface area contributed by atoms with Crippen molar-refractivity contribution >= 4 is 32.6 Å². The second-order valence-electron chi connectivity index (χ2n) is 24.8. The van der Waals surface area contributed by atoms with Crippen molar-refractivity contribution in [2.24, 2.45) is 0 Å². The molecular weight excluding hydrogens is 1120 g/mol. The summed E-state index contributed by atoms with van der Waals surface area (Å²) in [5, 5.41) is 0. The summed E-state index contributed by atoms with van der Waals surface area (Å²) < 4.78 is 56.1. The third-order valence-electron chi connectivity index (χ3n) is 17.3. The predicted molar refractivity (Wildman–Crippen MR) is 340 cm³/mol. The number of unbranched alkanes of at least 4 members (excludes halogenated alkanes) is 21. The van der Waals surface area contributed by atoms with Crippen LogP contribution in [0.1, 0.15) is 367 Å². The minimum absolute atomic E-state index is 0. The molecule has 0 amide bonds.